The Labute approximate surface area is 302 Å². The summed E-state index contributed by atoms with van der Waals surface area (Å²) in [6, 6.07) is 9.07. The third-order valence-electron chi connectivity index (χ3n) is 10.7. The van der Waals surface area contributed by atoms with Crippen molar-refractivity contribution in [3.05, 3.63) is 47.0 Å². The van der Waals surface area contributed by atoms with E-state index in [2.05, 4.69) is 23.6 Å². The molecule has 2 aromatic rings. The molecule has 0 heterocycles. The fourth-order valence-electron chi connectivity index (χ4n) is 8.52. The van der Waals surface area contributed by atoms with Gasteiger partial charge in [0, 0.05) is 19.5 Å². The number of phosphoric acid groups is 1. The zero-order chi connectivity index (χ0) is 36.9. The molecular weight excluding hydrogens is 673 g/mol. The fourth-order valence-corrected chi connectivity index (χ4v) is 10.1. The third kappa shape index (κ3) is 9.02. The van der Waals surface area contributed by atoms with Gasteiger partial charge in [-0.25, -0.2) is 4.57 Å². The lowest BCUT2D eigenvalue weighted by atomic mass is 9.55. The zero-order valence-corrected chi connectivity index (χ0v) is 31.8. The van der Waals surface area contributed by atoms with Gasteiger partial charge in [0.05, 0.1) is 37.7 Å². The Kier molecular flexibility index (Phi) is 12.6. The van der Waals surface area contributed by atoms with E-state index in [-0.39, 0.29) is 58.8 Å². The number of carbonyl (C=O) groups excluding carboxylic acids is 2. The van der Waals surface area contributed by atoms with Gasteiger partial charge in [-0.1, -0.05) is 13.0 Å². The van der Waals surface area contributed by atoms with Gasteiger partial charge >= 0.3 is 7.82 Å². The number of nitrogens with one attached hydrogen (secondary N) is 2. The molecule has 3 aliphatic carbocycles. The molecule has 2 aromatic carbocycles. The molecule has 0 radical (unpaired) electrons. The number of phosphoric ester groups is 1. The number of nitrogen functional groups attached to an aromatic ring is 1. The van der Waals surface area contributed by atoms with Gasteiger partial charge in [0.15, 0.2) is 5.75 Å². The number of phenolic OH excluding ortho intramolecular Hbond substituents is 1. The Bertz CT molecular complexity index is 1590. The van der Waals surface area contributed by atoms with E-state index in [1.165, 1.54) is 30.4 Å². The first-order chi connectivity index (χ1) is 24.2. The van der Waals surface area contributed by atoms with Crippen LogP contribution in [0.3, 0.4) is 0 Å². The van der Waals surface area contributed by atoms with Gasteiger partial charge in [-0.15, -0.1) is 0 Å². The average molecular weight is 730 g/mol. The number of phenols is 1. The van der Waals surface area contributed by atoms with E-state index in [9.17, 15) is 19.3 Å². The second kappa shape index (κ2) is 16.6. The Morgan fingerprint density at radius 1 is 1.02 bits per heavy atom. The Morgan fingerprint density at radius 2 is 1.75 bits per heavy atom. The van der Waals surface area contributed by atoms with Crippen LogP contribution in [0.15, 0.2) is 30.3 Å². The van der Waals surface area contributed by atoms with E-state index in [0.29, 0.717) is 49.6 Å². The first kappa shape index (κ1) is 38.9. The summed E-state index contributed by atoms with van der Waals surface area (Å²) in [6.07, 6.45) is 6.62. The summed E-state index contributed by atoms with van der Waals surface area (Å²) >= 11 is 0. The summed E-state index contributed by atoms with van der Waals surface area (Å²) in [6.45, 7) is 10.7. The molecular formula is C38H56N3O9P. The van der Waals surface area contributed by atoms with Gasteiger partial charge in [0.2, 0.25) is 5.91 Å². The highest BCUT2D eigenvalue weighted by Gasteiger charge is 2.55. The fraction of sp³-hybridized carbons (Fsp3) is 0.632. The lowest BCUT2D eigenvalue weighted by Gasteiger charge is -2.50. The molecule has 0 bridgehead atoms. The van der Waals surface area contributed by atoms with Crippen molar-refractivity contribution in [1.29, 1.82) is 0 Å². The highest BCUT2D eigenvalue weighted by molar-refractivity contribution is 7.49. The van der Waals surface area contributed by atoms with Gasteiger partial charge in [0.1, 0.15) is 17.1 Å². The van der Waals surface area contributed by atoms with Crippen LogP contribution < -0.4 is 25.6 Å². The maximum Gasteiger partial charge on any atom is 0.530 e. The van der Waals surface area contributed by atoms with Gasteiger partial charge in [-0.3, -0.25) is 18.6 Å². The number of ether oxygens (including phenoxy) is 2. The number of hydrogen-bond acceptors (Lipinski definition) is 10. The number of fused-ring (bicyclic) bond motifs is 5. The highest BCUT2D eigenvalue weighted by Crippen LogP contribution is 2.62. The van der Waals surface area contributed by atoms with Gasteiger partial charge < -0.3 is 35.5 Å². The molecule has 5 rings (SSSR count). The molecule has 5 unspecified atom stereocenters. The lowest BCUT2D eigenvalue weighted by Crippen LogP contribution is -2.45. The molecule has 2 amide bonds. The molecule has 0 saturated heterocycles. The molecule has 13 heteroatoms. The van der Waals surface area contributed by atoms with Gasteiger partial charge in [-0.2, -0.15) is 0 Å². The number of aryl methyl sites for hydroxylation is 1. The Morgan fingerprint density at radius 3 is 2.45 bits per heavy atom. The molecule has 0 aliphatic heterocycles. The van der Waals surface area contributed by atoms with Crippen LogP contribution in [0, 0.1) is 17.3 Å². The van der Waals surface area contributed by atoms with Crippen LogP contribution in [-0.2, 0) is 29.6 Å². The first-order valence-electron chi connectivity index (χ1n) is 18.4. The van der Waals surface area contributed by atoms with E-state index < -0.39 is 13.7 Å². The van der Waals surface area contributed by atoms with Gasteiger partial charge in [-0.05, 0) is 131 Å². The molecule has 2 saturated carbocycles. The molecule has 2 fully saturated rings. The summed E-state index contributed by atoms with van der Waals surface area (Å²) < 4.78 is 42.0. The first-order valence-corrected chi connectivity index (χ1v) is 19.8. The average Bonchev–Trinajstić information content (AvgIpc) is 3.40. The molecule has 282 valence electrons. The Balaban J connectivity index is 1.07. The monoisotopic (exact) mass is 729 g/mol. The van der Waals surface area contributed by atoms with Crippen molar-refractivity contribution in [2.45, 2.75) is 110 Å². The van der Waals surface area contributed by atoms with Crippen molar-refractivity contribution >= 4 is 25.3 Å². The van der Waals surface area contributed by atoms with E-state index in [1.54, 1.807) is 0 Å². The van der Waals surface area contributed by atoms with Crippen molar-refractivity contribution < 1.29 is 42.3 Å². The molecule has 5 N–H and O–H groups in total. The van der Waals surface area contributed by atoms with Crippen molar-refractivity contribution in [3.63, 3.8) is 0 Å². The number of nitrogens with two attached hydrogens (primary N) is 1. The van der Waals surface area contributed by atoms with Crippen LogP contribution in [0.2, 0.25) is 0 Å². The smallest absolute Gasteiger partial charge is 0.505 e. The van der Waals surface area contributed by atoms with E-state index in [4.69, 9.17) is 28.8 Å². The number of carbonyl (C=O) groups is 2. The largest absolute Gasteiger partial charge is 0.530 e. The van der Waals surface area contributed by atoms with Crippen LogP contribution in [0.4, 0.5) is 5.69 Å². The molecule has 5 atom stereocenters. The number of benzene rings is 2. The number of hydrogen-bond donors (Lipinski definition) is 4. The second-order valence-electron chi connectivity index (χ2n) is 14.9. The lowest BCUT2D eigenvalue weighted by molar-refractivity contribution is -0.124. The molecule has 51 heavy (non-hydrogen) atoms. The summed E-state index contributed by atoms with van der Waals surface area (Å²) in [7, 11) is -2.35. The number of rotatable bonds is 16. The number of aromatic hydroxyl groups is 1. The Hall–Kier alpha value is -3.31. The molecule has 3 aliphatic rings. The van der Waals surface area contributed by atoms with Gasteiger partial charge in [0.25, 0.3) is 5.91 Å². The van der Waals surface area contributed by atoms with Crippen LogP contribution in [0.25, 0.3) is 0 Å². The van der Waals surface area contributed by atoms with Crippen molar-refractivity contribution in [1.82, 2.24) is 10.6 Å². The second-order valence-corrected chi connectivity index (χ2v) is 16.4. The van der Waals surface area contributed by atoms with Crippen LogP contribution in [0.1, 0.15) is 107 Å². The van der Waals surface area contributed by atoms with E-state index in [0.717, 1.165) is 38.5 Å². The maximum atomic E-state index is 13.3. The standard InChI is InChI=1S/C38H56N3O9P/c1-23(2)48-51(45,49-24(3)4)50-26-9-11-27-25(22-26)8-10-29-28(27)16-18-38(5)30(29)12-15-33(38)47-21-17-34(42)40-19-7-20-41-37(44)35-32(46-6)14-13-31(39)36(35)43/h9,11,13-14,22-24,28-30,33,43H,7-8,10,12,15-21,39H2,1-6H3,(H,40,42)(H,41,44). The van der Waals surface area contributed by atoms with E-state index in [1.807, 2.05) is 39.8 Å². The maximum absolute atomic E-state index is 13.3. The number of amides is 2. The number of anilines is 1. The summed E-state index contributed by atoms with van der Waals surface area (Å²) in [4.78, 5) is 25.2. The van der Waals surface area contributed by atoms with Crippen LogP contribution in [-0.4, -0.2) is 62.0 Å². The highest BCUT2D eigenvalue weighted by atomic mass is 31.2. The van der Waals surface area contributed by atoms with Crippen LogP contribution in [0.5, 0.6) is 17.2 Å². The van der Waals surface area contributed by atoms with Crippen molar-refractivity contribution in [3.8, 4) is 17.2 Å². The van der Waals surface area contributed by atoms with E-state index >= 15 is 0 Å². The SMILES string of the molecule is COc1ccc(N)c(O)c1C(=O)NCCCNC(=O)CCOC1CCC2C3CCc4cc(OP(=O)(OC(C)C)OC(C)C)ccc4C3CCC12C. The summed E-state index contributed by atoms with van der Waals surface area (Å²) in [5, 5.41) is 15.8. The molecule has 0 aromatic heterocycles. The summed E-state index contributed by atoms with van der Waals surface area (Å²) in [5.41, 5.74) is 8.50. The zero-order valence-electron chi connectivity index (χ0n) is 30.9. The molecule has 12 nitrogen and oxygen atoms in total. The third-order valence-corrected chi connectivity index (χ3v) is 12.5. The normalized spacial score (nSPS) is 24.1. The minimum atomic E-state index is -3.76. The predicted octanol–water partition coefficient (Wildman–Crippen LogP) is 6.89. The minimum Gasteiger partial charge on any atom is -0.505 e. The number of methoxy groups -OCH3 is 1. The van der Waals surface area contributed by atoms with Crippen molar-refractivity contribution in [2.24, 2.45) is 17.3 Å². The predicted molar refractivity (Wildman–Crippen MR) is 195 cm³/mol. The minimum absolute atomic E-state index is 0.0118. The topological polar surface area (TPSA) is 168 Å². The summed E-state index contributed by atoms with van der Waals surface area (Å²) in [5.74, 6) is 1.44. The van der Waals surface area contributed by atoms with Crippen molar-refractivity contribution in [2.75, 3.05) is 32.5 Å². The molecule has 0 spiro atoms. The van der Waals surface area contributed by atoms with Crippen LogP contribution >= 0.6 is 7.82 Å². The quantitative estimate of drug-likeness (QED) is 0.0618.